The van der Waals surface area contributed by atoms with Gasteiger partial charge in [0.1, 0.15) is 5.75 Å². The predicted octanol–water partition coefficient (Wildman–Crippen LogP) is 2.91. The van der Waals surface area contributed by atoms with Gasteiger partial charge in [-0.25, -0.2) is 4.79 Å². The van der Waals surface area contributed by atoms with Gasteiger partial charge in [0.15, 0.2) is 5.60 Å². The van der Waals surface area contributed by atoms with Crippen molar-refractivity contribution >= 4 is 17.8 Å². The summed E-state index contributed by atoms with van der Waals surface area (Å²) in [6.07, 6.45) is 1.45. The summed E-state index contributed by atoms with van der Waals surface area (Å²) < 4.78 is 10.7. The molecule has 2 aliphatic heterocycles. The lowest BCUT2D eigenvalue weighted by Crippen LogP contribution is -2.48. The highest BCUT2D eigenvalue weighted by Crippen LogP contribution is 2.43. The van der Waals surface area contributed by atoms with Crippen molar-refractivity contribution in [2.75, 3.05) is 13.1 Å². The first kappa shape index (κ1) is 17.3. The van der Waals surface area contributed by atoms with Crippen molar-refractivity contribution in [1.29, 1.82) is 0 Å². The summed E-state index contributed by atoms with van der Waals surface area (Å²) in [6.45, 7) is 2.26. The number of nitrogens with zero attached hydrogens (tertiary/aromatic N) is 1. The fourth-order valence-electron chi connectivity index (χ4n) is 3.86. The maximum Gasteiger partial charge on any atom is 0.339 e. The smallest absolute Gasteiger partial charge is 0.339 e. The highest BCUT2D eigenvalue weighted by molar-refractivity contribution is 5.96. The van der Waals surface area contributed by atoms with E-state index in [1.54, 1.807) is 35.2 Å². The third kappa shape index (κ3) is 3.07. The average molecular weight is 365 g/mol. The van der Waals surface area contributed by atoms with Crippen LogP contribution in [-0.2, 0) is 15.1 Å². The predicted molar refractivity (Wildman–Crippen MR) is 96.4 cm³/mol. The van der Waals surface area contributed by atoms with Crippen molar-refractivity contribution in [2.45, 2.75) is 25.4 Å². The molecule has 4 rings (SSSR count). The van der Waals surface area contributed by atoms with Crippen LogP contribution in [-0.4, -0.2) is 35.8 Å². The highest BCUT2D eigenvalue weighted by atomic mass is 16.6. The Balaban J connectivity index is 1.56. The monoisotopic (exact) mass is 365 g/mol. The average Bonchev–Trinajstić information content (AvgIpc) is 2.93. The van der Waals surface area contributed by atoms with Gasteiger partial charge in [0, 0.05) is 24.6 Å². The van der Waals surface area contributed by atoms with E-state index in [1.807, 2.05) is 18.2 Å². The molecule has 0 aliphatic carbocycles. The Morgan fingerprint density at radius 1 is 1.11 bits per heavy atom. The number of carbonyl (C=O) groups excluding carboxylic acids is 3. The first-order chi connectivity index (χ1) is 13.0. The number of fused-ring (bicyclic) bond motifs is 2. The Kier molecular flexibility index (Phi) is 4.18. The van der Waals surface area contributed by atoms with Crippen LogP contribution in [0.3, 0.4) is 0 Å². The third-order valence-corrected chi connectivity index (χ3v) is 5.03. The minimum absolute atomic E-state index is 0.135. The van der Waals surface area contributed by atoms with Gasteiger partial charge in [0.2, 0.25) is 0 Å². The van der Waals surface area contributed by atoms with E-state index in [0.29, 0.717) is 36.4 Å². The lowest BCUT2D eigenvalue weighted by molar-refractivity contribution is -0.131. The van der Waals surface area contributed by atoms with Crippen molar-refractivity contribution in [1.82, 2.24) is 4.90 Å². The molecule has 6 nitrogen and oxygen atoms in total. The largest absolute Gasteiger partial charge is 0.449 e. The first-order valence-corrected chi connectivity index (χ1v) is 8.89. The highest BCUT2D eigenvalue weighted by Gasteiger charge is 2.48. The van der Waals surface area contributed by atoms with Crippen LogP contribution in [0, 0.1) is 0 Å². The number of hydrogen-bond acceptors (Lipinski definition) is 5. The third-order valence-electron chi connectivity index (χ3n) is 5.03. The van der Waals surface area contributed by atoms with E-state index in [1.165, 1.54) is 6.92 Å². The van der Waals surface area contributed by atoms with Crippen LogP contribution in [0.5, 0.6) is 5.75 Å². The summed E-state index contributed by atoms with van der Waals surface area (Å²) >= 11 is 0. The van der Waals surface area contributed by atoms with Gasteiger partial charge in [0.05, 0.1) is 12.1 Å². The van der Waals surface area contributed by atoms with Gasteiger partial charge in [0.25, 0.3) is 5.91 Å². The molecule has 2 aromatic rings. The second-order valence-corrected chi connectivity index (χ2v) is 6.88. The molecule has 27 heavy (non-hydrogen) atoms. The van der Waals surface area contributed by atoms with Crippen LogP contribution >= 0.6 is 0 Å². The van der Waals surface area contributed by atoms with Gasteiger partial charge in [-0.05, 0) is 43.2 Å². The molecule has 2 aliphatic rings. The zero-order valence-corrected chi connectivity index (χ0v) is 14.9. The molecule has 1 saturated heterocycles. The standard InChI is InChI=1S/C21H19NO5/c1-14(23)26-16-9-7-15(8-10-16)19(24)22-12-4-11-21(13-22)18-6-3-2-5-17(18)20(25)27-21/h2-3,5-10H,4,11-13H2,1H3. The van der Waals surface area contributed by atoms with E-state index in [9.17, 15) is 14.4 Å². The van der Waals surface area contributed by atoms with E-state index in [0.717, 1.165) is 12.0 Å². The van der Waals surface area contributed by atoms with E-state index in [-0.39, 0.29) is 11.9 Å². The minimum atomic E-state index is -0.765. The Morgan fingerprint density at radius 3 is 2.59 bits per heavy atom. The Morgan fingerprint density at radius 2 is 1.85 bits per heavy atom. The number of carbonyl (C=O) groups is 3. The molecule has 0 bridgehead atoms. The van der Waals surface area contributed by atoms with E-state index in [4.69, 9.17) is 9.47 Å². The van der Waals surface area contributed by atoms with Crippen LogP contribution in [0.2, 0.25) is 0 Å². The molecule has 6 heteroatoms. The quantitative estimate of drug-likeness (QED) is 0.604. The zero-order valence-electron chi connectivity index (χ0n) is 14.9. The summed E-state index contributed by atoms with van der Waals surface area (Å²) in [5.41, 5.74) is 1.18. The van der Waals surface area contributed by atoms with Crippen LogP contribution in [0.25, 0.3) is 0 Å². The maximum absolute atomic E-state index is 12.9. The molecular formula is C21H19NO5. The minimum Gasteiger partial charge on any atom is -0.449 e. The van der Waals surface area contributed by atoms with Gasteiger partial charge in [-0.2, -0.15) is 0 Å². The van der Waals surface area contributed by atoms with E-state index in [2.05, 4.69) is 0 Å². The number of likely N-dealkylation sites (tertiary alicyclic amines) is 1. The first-order valence-electron chi connectivity index (χ1n) is 8.89. The number of benzene rings is 2. The van der Waals surface area contributed by atoms with Crippen LogP contribution in [0.15, 0.2) is 48.5 Å². The Labute approximate surface area is 156 Å². The van der Waals surface area contributed by atoms with Crippen molar-refractivity contribution < 1.29 is 23.9 Å². The number of rotatable bonds is 2. The molecule has 0 radical (unpaired) electrons. The summed E-state index contributed by atoms with van der Waals surface area (Å²) in [4.78, 5) is 37.9. The van der Waals surface area contributed by atoms with Gasteiger partial charge in [-0.15, -0.1) is 0 Å². The van der Waals surface area contributed by atoms with Gasteiger partial charge < -0.3 is 14.4 Å². The molecule has 1 atom stereocenters. The molecule has 2 heterocycles. The zero-order chi connectivity index (χ0) is 19.0. The van der Waals surface area contributed by atoms with Gasteiger partial charge in [-0.3, -0.25) is 9.59 Å². The summed E-state index contributed by atoms with van der Waals surface area (Å²) in [5, 5.41) is 0. The van der Waals surface area contributed by atoms with Crippen LogP contribution < -0.4 is 4.74 Å². The molecule has 1 unspecified atom stereocenters. The number of ether oxygens (including phenoxy) is 2. The van der Waals surface area contributed by atoms with E-state index >= 15 is 0 Å². The summed E-state index contributed by atoms with van der Waals surface area (Å²) in [6, 6.07) is 13.8. The topological polar surface area (TPSA) is 72.9 Å². The molecule has 138 valence electrons. The number of hydrogen-bond donors (Lipinski definition) is 0. The number of piperidine rings is 1. The normalized spacial score (nSPS) is 20.9. The molecule has 0 aromatic heterocycles. The fourth-order valence-corrected chi connectivity index (χ4v) is 3.86. The van der Waals surface area contributed by atoms with Crippen LogP contribution in [0.4, 0.5) is 0 Å². The maximum atomic E-state index is 12.9. The molecule has 1 spiro atoms. The number of amides is 1. The Hall–Kier alpha value is -3.15. The summed E-state index contributed by atoms with van der Waals surface area (Å²) in [7, 11) is 0. The van der Waals surface area contributed by atoms with Crippen molar-refractivity contribution in [3.63, 3.8) is 0 Å². The van der Waals surface area contributed by atoms with Gasteiger partial charge in [-0.1, -0.05) is 18.2 Å². The van der Waals surface area contributed by atoms with Crippen molar-refractivity contribution in [2.24, 2.45) is 0 Å². The summed E-state index contributed by atoms with van der Waals surface area (Å²) in [5.74, 6) is -0.476. The second-order valence-electron chi connectivity index (χ2n) is 6.88. The van der Waals surface area contributed by atoms with Crippen LogP contribution in [0.1, 0.15) is 46.0 Å². The molecular weight excluding hydrogens is 346 g/mol. The molecule has 2 aromatic carbocycles. The van der Waals surface area contributed by atoms with Gasteiger partial charge >= 0.3 is 11.9 Å². The second kappa shape index (κ2) is 6.54. The van der Waals surface area contributed by atoms with Crippen molar-refractivity contribution in [3.05, 3.63) is 65.2 Å². The van der Waals surface area contributed by atoms with Crippen molar-refractivity contribution in [3.8, 4) is 5.75 Å². The lowest BCUT2D eigenvalue weighted by Gasteiger charge is -2.39. The Bertz CT molecular complexity index is 920. The molecule has 0 N–H and O–H groups in total. The molecule has 1 fully saturated rings. The van der Waals surface area contributed by atoms with E-state index < -0.39 is 11.6 Å². The lowest BCUT2D eigenvalue weighted by atomic mass is 9.85. The fraction of sp³-hybridized carbons (Fsp3) is 0.286. The molecule has 1 amide bonds. The number of esters is 2. The SMILES string of the molecule is CC(=O)Oc1ccc(C(=O)N2CCCC3(C2)OC(=O)c2ccccc23)cc1. The molecule has 0 saturated carbocycles.